The number of imide groups is 1. The smallest absolute Gasteiger partial charge is 0.268 e. The highest BCUT2D eigenvalue weighted by Gasteiger charge is 2.40. The number of amides is 2. The number of nitrogens with zero attached hydrogens (tertiary/aromatic N) is 5. The van der Waals surface area contributed by atoms with E-state index in [-0.39, 0.29) is 0 Å². The summed E-state index contributed by atoms with van der Waals surface area (Å²) in [7, 11) is 0. The van der Waals surface area contributed by atoms with Gasteiger partial charge in [-0.2, -0.15) is 10.5 Å². The first-order valence-corrected chi connectivity index (χ1v) is 18.8. The topological polar surface area (TPSA) is 115 Å². The molecule has 0 saturated heterocycles. The normalized spacial score (nSPS) is 14.6. The Morgan fingerprint density at radius 3 is 1.93 bits per heavy atom. The number of nitrogens with one attached hydrogen (secondary N) is 1. The van der Waals surface area contributed by atoms with E-state index in [4.69, 9.17) is 0 Å². The van der Waals surface area contributed by atoms with Gasteiger partial charge in [0.2, 0.25) is 0 Å². The van der Waals surface area contributed by atoms with Crippen LogP contribution in [0, 0.1) is 22.7 Å². The van der Waals surface area contributed by atoms with Crippen LogP contribution in [0.15, 0.2) is 170 Å². The lowest BCUT2D eigenvalue weighted by Crippen LogP contribution is -2.29. The molecule has 0 bridgehead atoms. The third-order valence-electron chi connectivity index (χ3n) is 10.8. The van der Waals surface area contributed by atoms with Crippen molar-refractivity contribution >= 4 is 45.0 Å². The molecule has 0 radical (unpaired) electrons. The molecule has 8 heteroatoms. The van der Waals surface area contributed by atoms with Gasteiger partial charge in [0, 0.05) is 22.0 Å². The van der Waals surface area contributed by atoms with Crippen molar-refractivity contribution in [3.05, 3.63) is 192 Å². The Labute approximate surface area is 333 Å². The Morgan fingerprint density at radius 2 is 1.26 bits per heavy atom. The van der Waals surface area contributed by atoms with Gasteiger partial charge < -0.3 is 9.88 Å². The lowest BCUT2D eigenvalue weighted by Gasteiger charge is -2.18. The van der Waals surface area contributed by atoms with Crippen molar-refractivity contribution in [3.63, 3.8) is 0 Å². The first-order valence-electron chi connectivity index (χ1n) is 18.8. The average molecular weight is 747 g/mol. The Morgan fingerprint density at radius 1 is 0.603 bits per heavy atom. The predicted octanol–water partition coefficient (Wildman–Crippen LogP) is 10.2. The summed E-state index contributed by atoms with van der Waals surface area (Å²) in [5.41, 5.74) is 10.5. The van der Waals surface area contributed by atoms with E-state index in [9.17, 15) is 20.1 Å². The first kappa shape index (κ1) is 34.2. The van der Waals surface area contributed by atoms with Crippen molar-refractivity contribution in [2.45, 2.75) is 6.04 Å². The van der Waals surface area contributed by atoms with Crippen LogP contribution in [0.4, 0.5) is 5.69 Å². The molecule has 58 heavy (non-hydrogen) atoms. The molecule has 2 aromatic heterocycles. The van der Waals surface area contributed by atoms with E-state index < -0.39 is 17.9 Å². The molecule has 1 unspecified atom stereocenters. The van der Waals surface area contributed by atoms with E-state index in [2.05, 4.69) is 34.6 Å². The van der Waals surface area contributed by atoms with Crippen molar-refractivity contribution in [1.29, 1.82) is 10.5 Å². The molecule has 2 amide bonds. The maximum Gasteiger partial charge on any atom is 0.268 e. The van der Waals surface area contributed by atoms with Gasteiger partial charge in [-0.1, -0.05) is 91.0 Å². The van der Waals surface area contributed by atoms with Gasteiger partial charge in [-0.05, 0) is 107 Å². The van der Waals surface area contributed by atoms with Gasteiger partial charge in [-0.15, -0.1) is 0 Å². The molecule has 2 aliphatic rings. The van der Waals surface area contributed by atoms with Crippen molar-refractivity contribution < 1.29 is 9.59 Å². The number of benzene rings is 6. The van der Waals surface area contributed by atoms with Crippen LogP contribution < -0.4 is 10.2 Å². The number of anilines is 1. The quantitative estimate of drug-likeness (QED) is 0.169. The molecule has 6 aromatic carbocycles. The van der Waals surface area contributed by atoms with Crippen molar-refractivity contribution in [2.24, 2.45) is 0 Å². The number of carbonyl (C=O) groups excluding carboxylic acids is 2. The molecule has 8 aromatic rings. The monoisotopic (exact) mass is 746 g/mol. The molecule has 0 aliphatic carbocycles. The van der Waals surface area contributed by atoms with E-state index in [0.29, 0.717) is 33.9 Å². The fourth-order valence-electron chi connectivity index (χ4n) is 8.07. The number of nitriles is 2. The fourth-order valence-corrected chi connectivity index (χ4v) is 8.07. The summed E-state index contributed by atoms with van der Waals surface area (Å²) in [6, 6.07) is 52.6. The second-order valence-electron chi connectivity index (χ2n) is 14.2. The van der Waals surface area contributed by atoms with Gasteiger partial charge in [-0.3, -0.25) is 9.59 Å². The second-order valence-corrected chi connectivity index (χ2v) is 14.2. The third-order valence-corrected chi connectivity index (χ3v) is 10.8. The SMILES string of the molecule is N#Cc1cccc(-c2ccc3c(c2)c2cc(C4=CC=CC(C#N)N4)ccc2n3-c2cccc3c2C(=O)N(c2cc(-c4ccccc4)cc(-c4ccccc4)c2)C3=O)n1. The summed E-state index contributed by atoms with van der Waals surface area (Å²) in [6.45, 7) is 0. The van der Waals surface area contributed by atoms with E-state index in [1.165, 1.54) is 4.90 Å². The Hall–Kier alpha value is -8.33. The van der Waals surface area contributed by atoms with Crippen LogP contribution in [-0.2, 0) is 0 Å². The molecule has 1 atom stereocenters. The van der Waals surface area contributed by atoms with E-state index in [0.717, 1.165) is 60.9 Å². The van der Waals surface area contributed by atoms with Gasteiger partial charge in [0.1, 0.15) is 17.8 Å². The number of hydrogen-bond acceptors (Lipinski definition) is 6. The zero-order chi connectivity index (χ0) is 39.3. The number of fused-ring (bicyclic) bond motifs is 4. The molecule has 10 rings (SSSR count). The third kappa shape index (κ3) is 5.64. The maximum absolute atomic E-state index is 14.9. The number of allylic oxidation sites excluding steroid dienone is 2. The minimum atomic E-state index is -0.460. The molecular weight excluding hydrogens is 717 g/mol. The minimum Gasteiger partial charge on any atom is -0.366 e. The molecule has 2 aliphatic heterocycles. The van der Waals surface area contributed by atoms with Gasteiger partial charge in [-0.25, -0.2) is 9.88 Å². The van der Waals surface area contributed by atoms with Gasteiger partial charge in [0.25, 0.3) is 11.8 Å². The summed E-state index contributed by atoms with van der Waals surface area (Å²) in [4.78, 5) is 35.3. The summed E-state index contributed by atoms with van der Waals surface area (Å²) in [6.07, 6.45) is 5.62. The largest absolute Gasteiger partial charge is 0.366 e. The molecule has 0 spiro atoms. The van der Waals surface area contributed by atoms with E-state index in [1.807, 2.05) is 144 Å². The van der Waals surface area contributed by atoms with Crippen molar-refractivity contribution in [1.82, 2.24) is 14.9 Å². The fraction of sp³-hybridized carbons (Fsp3) is 0.0200. The predicted molar refractivity (Wildman–Crippen MR) is 227 cm³/mol. The Kier molecular flexibility index (Phi) is 8.11. The Balaban J connectivity index is 1.16. The molecular formula is C50H30N6O2. The highest BCUT2D eigenvalue weighted by molar-refractivity contribution is 6.36. The lowest BCUT2D eigenvalue weighted by molar-refractivity contribution is 0.0926. The van der Waals surface area contributed by atoms with Crippen molar-refractivity contribution in [2.75, 3.05) is 4.90 Å². The summed E-state index contributed by atoms with van der Waals surface area (Å²) < 4.78 is 2.04. The summed E-state index contributed by atoms with van der Waals surface area (Å²) in [5.74, 6) is -0.804. The zero-order valence-corrected chi connectivity index (χ0v) is 30.8. The standard InChI is InChI=1S/C50H30N6O2/c51-29-37-14-7-17-43(53-37)33-20-22-45-41(27-33)42-28-34(44-18-8-15-38(30-52)54-44)21-23-46(42)56(45)47-19-9-16-40-48(47)50(58)55(49(40)57)39-25-35(31-10-3-1-4-11-31)24-36(26-39)32-12-5-2-6-13-32/h1-28,37,53H. The van der Waals surface area contributed by atoms with Crippen LogP contribution in [0.25, 0.3) is 66.7 Å². The molecule has 1 N–H and O–H groups in total. The number of hydrogen-bond donors (Lipinski definition) is 1. The number of rotatable bonds is 6. The molecule has 272 valence electrons. The highest BCUT2D eigenvalue weighted by Crippen LogP contribution is 2.41. The van der Waals surface area contributed by atoms with Crippen LogP contribution in [-0.4, -0.2) is 27.4 Å². The lowest BCUT2D eigenvalue weighted by atomic mass is 9.97. The van der Waals surface area contributed by atoms with Crippen LogP contribution in [0.5, 0.6) is 0 Å². The second kappa shape index (κ2) is 13.8. The number of aromatic nitrogens is 2. The van der Waals surface area contributed by atoms with Crippen LogP contribution in [0.2, 0.25) is 0 Å². The van der Waals surface area contributed by atoms with Gasteiger partial charge in [0.15, 0.2) is 0 Å². The Bertz CT molecular complexity index is 3110. The highest BCUT2D eigenvalue weighted by atomic mass is 16.2. The van der Waals surface area contributed by atoms with Gasteiger partial charge in [0.05, 0.1) is 45.3 Å². The van der Waals surface area contributed by atoms with E-state index in [1.54, 1.807) is 18.2 Å². The molecule has 0 fully saturated rings. The minimum absolute atomic E-state index is 0.313. The van der Waals surface area contributed by atoms with Crippen LogP contribution >= 0.6 is 0 Å². The van der Waals surface area contributed by atoms with Gasteiger partial charge >= 0.3 is 0 Å². The average Bonchev–Trinajstić information content (AvgIpc) is 3.75. The van der Waals surface area contributed by atoms with Crippen molar-refractivity contribution in [3.8, 4) is 51.3 Å². The summed E-state index contributed by atoms with van der Waals surface area (Å²) >= 11 is 0. The van der Waals surface area contributed by atoms with E-state index >= 15 is 0 Å². The number of dihydropyridines is 1. The number of carbonyl (C=O) groups is 2. The first-order chi connectivity index (χ1) is 28.5. The summed E-state index contributed by atoms with van der Waals surface area (Å²) in [5, 5.41) is 24.3. The zero-order valence-electron chi connectivity index (χ0n) is 30.8. The molecule has 0 saturated carbocycles. The molecule has 4 heterocycles. The molecule has 8 nitrogen and oxygen atoms in total. The number of pyridine rings is 1. The van der Waals surface area contributed by atoms with Crippen LogP contribution in [0.1, 0.15) is 32.0 Å². The van der Waals surface area contributed by atoms with Crippen LogP contribution in [0.3, 0.4) is 0 Å². The maximum atomic E-state index is 14.9.